The maximum absolute atomic E-state index is 5.91. The topological polar surface area (TPSA) is 54.3 Å². The molecule has 3 rings (SSSR count). The number of methoxy groups -OCH3 is 1. The average molecular weight is 273 g/mol. The molecule has 0 spiro atoms. The highest BCUT2D eigenvalue weighted by atomic mass is 16.5. The van der Waals surface area contributed by atoms with Gasteiger partial charge in [0.2, 0.25) is 0 Å². The monoisotopic (exact) mass is 273 g/mol. The lowest BCUT2D eigenvalue weighted by Crippen LogP contribution is -2.33. The van der Waals surface area contributed by atoms with E-state index < -0.39 is 0 Å². The standard InChI is InChI=1S/C16H23N3O/c1-20-8-7-19-6-2-3-14(19)9-12-11-18-16-5-4-13(17)10-15(12)16/h4-5,10-11,14,18H,2-3,6-9,17H2,1H3/t14-/m1/s1. The Hall–Kier alpha value is -1.52. The van der Waals surface area contributed by atoms with E-state index in [1.54, 1.807) is 7.11 Å². The Morgan fingerprint density at radius 2 is 2.35 bits per heavy atom. The van der Waals surface area contributed by atoms with Crippen LogP contribution in [0.3, 0.4) is 0 Å². The molecule has 0 amide bonds. The van der Waals surface area contributed by atoms with Crippen molar-refractivity contribution in [3.05, 3.63) is 30.0 Å². The predicted molar refractivity (Wildman–Crippen MR) is 82.9 cm³/mol. The second-order valence-electron chi connectivity index (χ2n) is 5.65. The van der Waals surface area contributed by atoms with Crippen LogP contribution < -0.4 is 5.73 Å². The van der Waals surface area contributed by atoms with E-state index in [0.29, 0.717) is 6.04 Å². The van der Waals surface area contributed by atoms with Gasteiger partial charge in [-0.05, 0) is 49.6 Å². The van der Waals surface area contributed by atoms with Crippen molar-refractivity contribution in [3.8, 4) is 0 Å². The van der Waals surface area contributed by atoms with Crippen molar-refractivity contribution in [2.45, 2.75) is 25.3 Å². The normalized spacial score (nSPS) is 19.9. The minimum atomic E-state index is 0.630. The van der Waals surface area contributed by atoms with E-state index in [-0.39, 0.29) is 0 Å². The summed E-state index contributed by atoms with van der Waals surface area (Å²) >= 11 is 0. The van der Waals surface area contributed by atoms with Gasteiger partial charge in [0.25, 0.3) is 0 Å². The van der Waals surface area contributed by atoms with Gasteiger partial charge in [0.05, 0.1) is 6.61 Å². The van der Waals surface area contributed by atoms with Gasteiger partial charge in [0.1, 0.15) is 0 Å². The molecule has 20 heavy (non-hydrogen) atoms. The van der Waals surface area contributed by atoms with E-state index >= 15 is 0 Å². The van der Waals surface area contributed by atoms with E-state index in [4.69, 9.17) is 10.5 Å². The second kappa shape index (κ2) is 5.85. The van der Waals surface area contributed by atoms with Crippen molar-refractivity contribution < 1.29 is 4.74 Å². The number of rotatable bonds is 5. The number of anilines is 1. The first-order valence-electron chi connectivity index (χ1n) is 7.36. The highest BCUT2D eigenvalue weighted by molar-refractivity contribution is 5.86. The number of hydrogen-bond donors (Lipinski definition) is 2. The van der Waals surface area contributed by atoms with Gasteiger partial charge >= 0.3 is 0 Å². The molecule has 1 aromatic heterocycles. The average Bonchev–Trinajstić information content (AvgIpc) is 3.04. The second-order valence-corrected chi connectivity index (χ2v) is 5.65. The lowest BCUT2D eigenvalue weighted by Gasteiger charge is -2.23. The first-order chi connectivity index (χ1) is 9.78. The summed E-state index contributed by atoms with van der Waals surface area (Å²) in [6.07, 6.45) is 5.79. The molecule has 0 bridgehead atoms. The van der Waals surface area contributed by atoms with Crippen LogP contribution in [0.5, 0.6) is 0 Å². The molecule has 0 radical (unpaired) electrons. The fourth-order valence-electron chi connectivity index (χ4n) is 3.25. The molecule has 108 valence electrons. The van der Waals surface area contributed by atoms with E-state index in [1.807, 2.05) is 6.07 Å². The molecule has 3 N–H and O–H groups in total. The minimum Gasteiger partial charge on any atom is -0.399 e. The van der Waals surface area contributed by atoms with Gasteiger partial charge in [-0.25, -0.2) is 0 Å². The van der Waals surface area contributed by atoms with Crippen molar-refractivity contribution in [1.82, 2.24) is 9.88 Å². The fourth-order valence-corrected chi connectivity index (χ4v) is 3.25. The van der Waals surface area contributed by atoms with Crippen molar-refractivity contribution in [2.75, 3.05) is 32.5 Å². The van der Waals surface area contributed by atoms with Crippen molar-refractivity contribution in [1.29, 1.82) is 0 Å². The summed E-state index contributed by atoms with van der Waals surface area (Å²) in [6.45, 7) is 3.04. The first-order valence-corrected chi connectivity index (χ1v) is 7.36. The van der Waals surface area contributed by atoms with Crippen molar-refractivity contribution in [3.63, 3.8) is 0 Å². The molecule has 1 aliphatic rings. The summed E-state index contributed by atoms with van der Waals surface area (Å²) in [5.41, 5.74) is 9.30. The molecule has 1 saturated heterocycles. The van der Waals surface area contributed by atoms with Crippen LogP contribution in [0.25, 0.3) is 10.9 Å². The van der Waals surface area contributed by atoms with E-state index in [9.17, 15) is 0 Å². The summed E-state index contributed by atoms with van der Waals surface area (Å²) in [7, 11) is 1.77. The SMILES string of the molecule is COCCN1CCC[C@@H]1Cc1c[nH]c2ccc(N)cc12. The number of nitrogen functional groups attached to an aromatic ring is 1. The van der Waals surface area contributed by atoms with Crippen LogP contribution in [0, 0.1) is 0 Å². The zero-order chi connectivity index (χ0) is 13.9. The summed E-state index contributed by atoms with van der Waals surface area (Å²) in [5, 5.41) is 1.27. The Kier molecular flexibility index (Phi) is 3.94. The number of nitrogens with two attached hydrogens (primary N) is 1. The molecule has 0 aliphatic carbocycles. The van der Waals surface area contributed by atoms with Crippen molar-refractivity contribution >= 4 is 16.6 Å². The summed E-state index contributed by atoms with van der Waals surface area (Å²) in [6, 6.07) is 6.72. The molecule has 1 fully saturated rings. The quantitative estimate of drug-likeness (QED) is 0.823. The van der Waals surface area contributed by atoms with Crippen LogP contribution >= 0.6 is 0 Å². The molecule has 4 nitrogen and oxygen atoms in total. The van der Waals surface area contributed by atoms with E-state index in [0.717, 1.165) is 25.3 Å². The highest BCUT2D eigenvalue weighted by Crippen LogP contribution is 2.26. The lowest BCUT2D eigenvalue weighted by molar-refractivity contribution is 0.141. The molecule has 4 heteroatoms. The lowest BCUT2D eigenvalue weighted by atomic mass is 10.0. The maximum Gasteiger partial charge on any atom is 0.0589 e. The van der Waals surface area contributed by atoms with E-state index in [1.165, 1.54) is 35.9 Å². The Bertz CT molecular complexity index is 578. The number of nitrogens with zero attached hydrogens (tertiary/aromatic N) is 1. The van der Waals surface area contributed by atoms with Gasteiger partial charge in [-0.3, -0.25) is 4.90 Å². The maximum atomic E-state index is 5.91. The number of aromatic amines is 1. The zero-order valence-electron chi connectivity index (χ0n) is 12.1. The van der Waals surface area contributed by atoms with Crippen LogP contribution in [-0.2, 0) is 11.2 Å². The van der Waals surface area contributed by atoms with Gasteiger partial charge in [-0.1, -0.05) is 0 Å². The summed E-state index contributed by atoms with van der Waals surface area (Å²) < 4.78 is 5.21. The molecule has 0 unspecified atom stereocenters. The van der Waals surface area contributed by atoms with Gasteiger partial charge in [-0.2, -0.15) is 0 Å². The Morgan fingerprint density at radius 1 is 1.45 bits per heavy atom. The Labute approximate surface area is 119 Å². The van der Waals surface area contributed by atoms with Crippen molar-refractivity contribution in [2.24, 2.45) is 0 Å². The first kappa shape index (κ1) is 13.5. The molecule has 1 aliphatic heterocycles. The van der Waals surface area contributed by atoms with Crippen LogP contribution in [0.15, 0.2) is 24.4 Å². The predicted octanol–water partition coefficient (Wildman–Crippen LogP) is 2.40. The Morgan fingerprint density at radius 3 is 3.20 bits per heavy atom. The van der Waals surface area contributed by atoms with Gasteiger partial charge in [0, 0.05) is 42.5 Å². The molecule has 1 atom stereocenters. The largest absolute Gasteiger partial charge is 0.399 e. The summed E-state index contributed by atoms with van der Waals surface area (Å²) in [5.74, 6) is 0. The van der Waals surface area contributed by atoms with Gasteiger partial charge in [-0.15, -0.1) is 0 Å². The number of fused-ring (bicyclic) bond motifs is 1. The minimum absolute atomic E-state index is 0.630. The number of aromatic nitrogens is 1. The van der Waals surface area contributed by atoms with Gasteiger partial charge < -0.3 is 15.5 Å². The third-order valence-electron chi connectivity index (χ3n) is 4.33. The highest BCUT2D eigenvalue weighted by Gasteiger charge is 2.24. The number of likely N-dealkylation sites (tertiary alicyclic amines) is 1. The number of H-pyrrole nitrogens is 1. The molecule has 1 aromatic carbocycles. The molecule has 0 saturated carbocycles. The van der Waals surface area contributed by atoms with Crippen LogP contribution in [0.2, 0.25) is 0 Å². The van der Waals surface area contributed by atoms with Gasteiger partial charge in [0.15, 0.2) is 0 Å². The van der Waals surface area contributed by atoms with E-state index in [2.05, 4.69) is 28.2 Å². The Balaban J connectivity index is 1.76. The molecular weight excluding hydrogens is 250 g/mol. The smallest absolute Gasteiger partial charge is 0.0589 e. The van der Waals surface area contributed by atoms with Crippen LogP contribution in [0.4, 0.5) is 5.69 Å². The third kappa shape index (κ3) is 2.67. The number of nitrogens with one attached hydrogen (secondary N) is 1. The molecule has 2 heterocycles. The number of ether oxygens (including phenoxy) is 1. The van der Waals surface area contributed by atoms with Crippen LogP contribution in [0.1, 0.15) is 18.4 Å². The molecular formula is C16H23N3O. The number of hydrogen-bond acceptors (Lipinski definition) is 3. The molecule has 2 aromatic rings. The van der Waals surface area contributed by atoms with Crippen LogP contribution in [-0.4, -0.2) is 42.7 Å². The third-order valence-corrected chi connectivity index (χ3v) is 4.33. The fraction of sp³-hybridized carbons (Fsp3) is 0.500. The number of benzene rings is 1. The zero-order valence-corrected chi connectivity index (χ0v) is 12.1. The summed E-state index contributed by atoms with van der Waals surface area (Å²) in [4.78, 5) is 5.90.